The summed E-state index contributed by atoms with van der Waals surface area (Å²) in [5.74, 6) is 0.837. The first kappa shape index (κ1) is 28.4. The number of benzene rings is 9. The smallest absolute Gasteiger partial charge is 0.165 e. The van der Waals surface area contributed by atoms with Crippen LogP contribution < -0.4 is 0 Å². The third-order valence-electron chi connectivity index (χ3n) is 12.2. The van der Waals surface area contributed by atoms with Crippen LogP contribution in [0.15, 0.2) is 158 Å². The molecule has 0 fully saturated rings. The van der Waals surface area contributed by atoms with Gasteiger partial charge in [0.25, 0.3) is 0 Å². The minimum absolute atomic E-state index is 0.837. The molecule has 0 aliphatic carbocycles. The molecule has 9 aromatic carbocycles. The van der Waals surface area contributed by atoms with E-state index in [0.29, 0.717) is 0 Å². The normalized spacial score (nSPS) is 12.7. The number of para-hydroxylation sites is 1. The lowest BCUT2D eigenvalue weighted by atomic mass is 9.98. The van der Waals surface area contributed by atoms with Crippen LogP contribution in [0.3, 0.4) is 0 Å². The summed E-state index contributed by atoms with van der Waals surface area (Å²) < 4.78 is 7.57. The van der Waals surface area contributed by atoms with Gasteiger partial charge in [0.2, 0.25) is 0 Å². The molecule has 5 aromatic heterocycles. The summed E-state index contributed by atoms with van der Waals surface area (Å²) in [4.78, 5) is 11.6. The minimum atomic E-state index is 0.837. The fraction of sp³-hybridized carbons (Fsp3) is 0. The lowest BCUT2D eigenvalue weighted by Crippen LogP contribution is -2.05. The number of hydrogen-bond acceptors (Lipinski definition) is 3. The van der Waals surface area contributed by atoms with Crippen molar-refractivity contribution >= 4 is 124 Å². The van der Waals surface area contributed by atoms with Crippen LogP contribution in [0.4, 0.5) is 0 Å². The van der Waals surface area contributed by atoms with Crippen LogP contribution in [0.25, 0.3) is 130 Å². The Labute approximate surface area is 316 Å². The van der Waals surface area contributed by atoms with Crippen LogP contribution in [0.1, 0.15) is 0 Å². The maximum Gasteiger partial charge on any atom is 0.165 e. The van der Waals surface area contributed by atoms with Gasteiger partial charge < -0.3 is 4.40 Å². The van der Waals surface area contributed by atoms with E-state index in [4.69, 9.17) is 9.97 Å². The Morgan fingerprint density at radius 3 is 1.82 bits per heavy atom. The quantitative estimate of drug-likeness (QED) is 0.167. The van der Waals surface area contributed by atoms with Crippen LogP contribution in [0.2, 0.25) is 0 Å². The van der Waals surface area contributed by atoms with Crippen molar-refractivity contribution in [2.75, 3.05) is 0 Å². The number of nitrogens with zero attached hydrogens (tertiary/aromatic N) is 4. The second-order valence-electron chi connectivity index (χ2n) is 14.8. The number of aromatic nitrogens is 4. The average molecular weight is 715 g/mol. The molecular formula is C50H26N4S. The standard InChI is InChI=1S/C50H26N4S/c1-2-13-28-27(11-1)12-9-19-32(28)48-50(52-47-34-18-6-4-15-30(34)29-14-3-5-17-33(29)46(47)51-48)54-38-22-10-21-37-42(38)43-39(54)24-26-40-44(43)45-41(55-40)25-23-35-31-16-7-8-20-36(31)53(37)49(35)45/h1-26H. The Morgan fingerprint density at radius 2 is 0.982 bits per heavy atom. The number of fused-ring (bicyclic) bond motifs is 11. The van der Waals surface area contributed by atoms with Gasteiger partial charge in [0.1, 0.15) is 5.69 Å². The summed E-state index contributed by atoms with van der Waals surface area (Å²) in [6.45, 7) is 0. The van der Waals surface area contributed by atoms with E-state index in [9.17, 15) is 0 Å². The molecule has 14 rings (SSSR count). The van der Waals surface area contributed by atoms with E-state index in [2.05, 4.69) is 167 Å². The third kappa shape index (κ3) is 3.40. The molecule has 4 nitrogen and oxygen atoms in total. The maximum atomic E-state index is 5.83. The minimum Gasteiger partial charge on any atom is -0.308 e. The number of thiophene rings is 1. The van der Waals surface area contributed by atoms with Gasteiger partial charge in [0.05, 0.1) is 38.6 Å². The van der Waals surface area contributed by atoms with Gasteiger partial charge in [-0.15, -0.1) is 11.3 Å². The van der Waals surface area contributed by atoms with E-state index in [-0.39, 0.29) is 0 Å². The van der Waals surface area contributed by atoms with Gasteiger partial charge in [-0.3, -0.25) is 4.57 Å². The van der Waals surface area contributed by atoms with E-state index in [1.807, 2.05) is 11.3 Å². The molecule has 14 aromatic rings. The van der Waals surface area contributed by atoms with Crippen molar-refractivity contribution in [1.82, 2.24) is 18.9 Å². The van der Waals surface area contributed by atoms with Crippen molar-refractivity contribution in [2.24, 2.45) is 0 Å². The summed E-state index contributed by atoms with van der Waals surface area (Å²) in [5.41, 5.74) is 9.76. The van der Waals surface area contributed by atoms with Crippen LogP contribution in [-0.2, 0) is 0 Å². The molecule has 0 atom stereocenters. The summed E-state index contributed by atoms with van der Waals surface area (Å²) in [6, 6.07) is 57.5. The lowest BCUT2D eigenvalue weighted by molar-refractivity contribution is 1.08. The van der Waals surface area contributed by atoms with Crippen molar-refractivity contribution < 1.29 is 0 Å². The second-order valence-corrected chi connectivity index (χ2v) is 15.9. The fourth-order valence-electron chi connectivity index (χ4n) is 10.0. The molecule has 0 saturated carbocycles. The molecule has 0 bridgehead atoms. The monoisotopic (exact) mass is 714 g/mol. The van der Waals surface area contributed by atoms with E-state index in [1.165, 1.54) is 74.4 Å². The van der Waals surface area contributed by atoms with Crippen molar-refractivity contribution in [3.63, 3.8) is 0 Å². The van der Waals surface area contributed by atoms with Crippen LogP contribution >= 0.6 is 11.3 Å². The Bertz CT molecular complexity index is 3950. The van der Waals surface area contributed by atoms with Crippen LogP contribution in [0, 0.1) is 0 Å². The first-order chi connectivity index (χ1) is 27.3. The first-order valence-electron chi connectivity index (χ1n) is 18.8. The molecule has 0 aliphatic heterocycles. The zero-order valence-electron chi connectivity index (χ0n) is 29.2. The highest BCUT2D eigenvalue weighted by Crippen LogP contribution is 2.50. The lowest BCUT2D eigenvalue weighted by Gasteiger charge is -2.17. The van der Waals surface area contributed by atoms with Gasteiger partial charge in [-0.25, -0.2) is 9.97 Å². The number of rotatable bonds is 2. The van der Waals surface area contributed by atoms with Gasteiger partial charge >= 0.3 is 0 Å². The summed E-state index contributed by atoms with van der Waals surface area (Å²) in [5, 5.41) is 14.7. The highest BCUT2D eigenvalue weighted by atomic mass is 32.1. The molecule has 0 radical (unpaired) electrons. The molecule has 5 heteroatoms. The summed E-state index contributed by atoms with van der Waals surface area (Å²) in [6.07, 6.45) is 0. The predicted octanol–water partition coefficient (Wildman–Crippen LogP) is 13.7. The molecule has 0 amide bonds. The molecule has 5 heterocycles. The molecular weight excluding hydrogens is 689 g/mol. The molecule has 0 unspecified atom stereocenters. The predicted molar refractivity (Wildman–Crippen MR) is 233 cm³/mol. The van der Waals surface area contributed by atoms with Gasteiger partial charge in [-0.05, 0) is 57.9 Å². The SMILES string of the molecule is c1ccc2c(-c3nc4c5ccccc5c5ccccc5c4nc3-n3c4ccc5sc6ccc7c8ccccc8n8c9cccc3c9c4c5c6c78)cccc2c1. The molecule has 0 spiro atoms. The Balaban J connectivity index is 1.25. The molecule has 0 N–H and O–H groups in total. The Kier molecular flexibility index (Phi) is 5.12. The second kappa shape index (κ2) is 9.91. The largest absolute Gasteiger partial charge is 0.308 e. The maximum absolute atomic E-state index is 5.83. The highest BCUT2D eigenvalue weighted by Gasteiger charge is 2.28. The van der Waals surface area contributed by atoms with Crippen molar-refractivity contribution in [1.29, 1.82) is 0 Å². The molecule has 252 valence electrons. The topological polar surface area (TPSA) is 35.1 Å². The fourth-order valence-corrected chi connectivity index (χ4v) is 11.1. The Morgan fingerprint density at radius 1 is 0.382 bits per heavy atom. The molecule has 55 heavy (non-hydrogen) atoms. The first-order valence-corrected chi connectivity index (χ1v) is 19.6. The summed E-state index contributed by atoms with van der Waals surface area (Å²) in [7, 11) is 0. The van der Waals surface area contributed by atoms with E-state index < -0.39 is 0 Å². The van der Waals surface area contributed by atoms with Crippen LogP contribution in [-0.4, -0.2) is 18.9 Å². The summed E-state index contributed by atoms with van der Waals surface area (Å²) >= 11 is 1.89. The average Bonchev–Trinajstić information content (AvgIpc) is 3.87. The van der Waals surface area contributed by atoms with E-state index in [0.717, 1.165) is 55.3 Å². The van der Waals surface area contributed by atoms with Crippen LogP contribution in [0.5, 0.6) is 0 Å². The number of hydrogen-bond donors (Lipinski definition) is 0. The van der Waals surface area contributed by atoms with Gasteiger partial charge in [0.15, 0.2) is 5.82 Å². The van der Waals surface area contributed by atoms with Crippen molar-refractivity contribution in [3.8, 4) is 17.1 Å². The zero-order valence-corrected chi connectivity index (χ0v) is 30.0. The van der Waals surface area contributed by atoms with Gasteiger partial charge in [0, 0.05) is 58.1 Å². The Hall–Kier alpha value is -7.08. The van der Waals surface area contributed by atoms with E-state index >= 15 is 0 Å². The molecule has 0 aliphatic rings. The van der Waals surface area contributed by atoms with Crippen molar-refractivity contribution in [3.05, 3.63) is 158 Å². The highest BCUT2D eigenvalue weighted by molar-refractivity contribution is 7.26. The van der Waals surface area contributed by atoms with E-state index in [1.54, 1.807) is 0 Å². The van der Waals surface area contributed by atoms with Gasteiger partial charge in [-0.1, -0.05) is 121 Å². The zero-order chi connectivity index (χ0) is 35.5. The van der Waals surface area contributed by atoms with Gasteiger partial charge in [-0.2, -0.15) is 0 Å². The third-order valence-corrected chi connectivity index (χ3v) is 13.3. The van der Waals surface area contributed by atoms with Crippen molar-refractivity contribution in [2.45, 2.75) is 0 Å². The molecule has 0 saturated heterocycles.